The highest BCUT2D eigenvalue weighted by molar-refractivity contribution is 4.78. The Morgan fingerprint density at radius 1 is 1.07 bits per heavy atom. The van der Waals surface area contributed by atoms with Gasteiger partial charge in [0.15, 0.2) is 5.92 Å². The highest BCUT2D eigenvalue weighted by atomic mass is 19.4. The van der Waals surface area contributed by atoms with Gasteiger partial charge in [-0.3, -0.25) is 0 Å². The van der Waals surface area contributed by atoms with E-state index in [1.54, 1.807) is 0 Å². The SMILES string of the molecule is CC(CN)NCC(C(F)(F)F)C(F)(F)F. The minimum absolute atomic E-state index is 0.0254. The number of nitrogens with one attached hydrogen (secondary N) is 1. The second-order valence-electron chi connectivity index (χ2n) is 3.18. The van der Waals surface area contributed by atoms with Gasteiger partial charge in [-0.15, -0.1) is 0 Å². The number of alkyl halides is 6. The molecule has 0 spiro atoms. The molecule has 3 N–H and O–H groups in total. The lowest BCUT2D eigenvalue weighted by Crippen LogP contribution is -2.46. The van der Waals surface area contributed by atoms with Crippen molar-refractivity contribution in [1.29, 1.82) is 0 Å². The van der Waals surface area contributed by atoms with Gasteiger partial charge in [-0.25, -0.2) is 0 Å². The second-order valence-corrected chi connectivity index (χ2v) is 3.18. The molecule has 1 unspecified atom stereocenters. The van der Waals surface area contributed by atoms with E-state index < -0.39 is 30.9 Å². The van der Waals surface area contributed by atoms with Crippen LogP contribution in [0.5, 0.6) is 0 Å². The van der Waals surface area contributed by atoms with Crippen LogP contribution in [0, 0.1) is 5.92 Å². The Kier molecular flexibility index (Phi) is 4.85. The minimum atomic E-state index is -5.29. The highest BCUT2D eigenvalue weighted by Crippen LogP contribution is 2.38. The zero-order valence-corrected chi connectivity index (χ0v) is 7.91. The molecule has 0 bridgehead atoms. The molecule has 0 aromatic rings. The molecule has 0 rings (SSSR count). The van der Waals surface area contributed by atoms with E-state index in [1.165, 1.54) is 6.92 Å². The van der Waals surface area contributed by atoms with Gasteiger partial charge in [-0.05, 0) is 6.92 Å². The summed E-state index contributed by atoms with van der Waals surface area (Å²) in [6, 6.07) is -0.586. The molecule has 0 aliphatic rings. The summed E-state index contributed by atoms with van der Waals surface area (Å²) in [6.07, 6.45) is -10.6. The molecule has 0 heterocycles. The first-order valence-electron chi connectivity index (χ1n) is 4.16. The van der Waals surface area contributed by atoms with E-state index in [4.69, 9.17) is 5.73 Å². The molecule has 1 atom stereocenters. The Balaban J connectivity index is 4.42. The third kappa shape index (κ3) is 5.22. The fraction of sp³-hybridized carbons (Fsp3) is 1.00. The monoisotopic (exact) mass is 238 g/mol. The Morgan fingerprint density at radius 3 is 1.73 bits per heavy atom. The molecule has 0 amide bonds. The fourth-order valence-corrected chi connectivity index (χ4v) is 0.819. The van der Waals surface area contributed by atoms with Gasteiger partial charge in [0.2, 0.25) is 0 Å². The van der Waals surface area contributed by atoms with Crippen LogP contribution in [-0.2, 0) is 0 Å². The van der Waals surface area contributed by atoms with Crippen LogP contribution in [0.2, 0.25) is 0 Å². The van der Waals surface area contributed by atoms with Crippen LogP contribution in [0.4, 0.5) is 26.3 Å². The summed E-state index contributed by atoms with van der Waals surface area (Å²) in [7, 11) is 0. The molecule has 2 nitrogen and oxygen atoms in total. The van der Waals surface area contributed by atoms with Gasteiger partial charge < -0.3 is 11.1 Å². The smallest absolute Gasteiger partial charge is 0.329 e. The van der Waals surface area contributed by atoms with E-state index in [2.05, 4.69) is 5.32 Å². The van der Waals surface area contributed by atoms with Crippen molar-refractivity contribution in [2.45, 2.75) is 25.3 Å². The lowest BCUT2D eigenvalue weighted by Gasteiger charge is -2.24. The Morgan fingerprint density at radius 2 is 1.47 bits per heavy atom. The van der Waals surface area contributed by atoms with E-state index in [1.807, 2.05) is 0 Å². The van der Waals surface area contributed by atoms with Crippen LogP contribution in [0.25, 0.3) is 0 Å². The van der Waals surface area contributed by atoms with Crippen LogP contribution < -0.4 is 11.1 Å². The molecular weight excluding hydrogens is 226 g/mol. The molecule has 0 radical (unpaired) electrons. The largest absolute Gasteiger partial charge is 0.401 e. The number of hydrogen-bond acceptors (Lipinski definition) is 2. The topological polar surface area (TPSA) is 38.0 Å². The summed E-state index contributed by atoms with van der Waals surface area (Å²) < 4.78 is 71.9. The summed E-state index contributed by atoms with van der Waals surface area (Å²) in [5.41, 5.74) is 5.05. The third-order valence-electron chi connectivity index (χ3n) is 1.81. The van der Waals surface area contributed by atoms with Gasteiger partial charge in [-0.2, -0.15) is 26.3 Å². The van der Waals surface area contributed by atoms with Crippen molar-refractivity contribution in [2.75, 3.05) is 13.1 Å². The quantitative estimate of drug-likeness (QED) is 0.731. The highest BCUT2D eigenvalue weighted by Gasteiger charge is 2.56. The van der Waals surface area contributed by atoms with Crippen molar-refractivity contribution >= 4 is 0 Å². The molecule has 0 aromatic carbocycles. The summed E-state index contributed by atoms with van der Waals surface area (Å²) >= 11 is 0. The van der Waals surface area contributed by atoms with Gasteiger partial charge in [0.05, 0.1) is 0 Å². The molecule has 0 fully saturated rings. The number of nitrogens with two attached hydrogens (primary N) is 1. The summed E-state index contributed by atoms with van der Waals surface area (Å²) in [5.74, 6) is -3.35. The number of hydrogen-bond donors (Lipinski definition) is 2. The van der Waals surface area contributed by atoms with Gasteiger partial charge in [0.1, 0.15) is 0 Å². The normalized spacial score (nSPS) is 15.8. The predicted octanol–water partition coefficient (Wildman–Crippen LogP) is 1.66. The third-order valence-corrected chi connectivity index (χ3v) is 1.81. The predicted molar refractivity (Wildman–Crippen MR) is 42.1 cm³/mol. The molecule has 0 aliphatic carbocycles. The summed E-state index contributed by atoms with van der Waals surface area (Å²) in [4.78, 5) is 0. The van der Waals surface area contributed by atoms with Crippen LogP contribution >= 0.6 is 0 Å². The number of halogens is 6. The Hall–Kier alpha value is -0.500. The van der Waals surface area contributed by atoms with E-state index in [0.717, 1.165) is 0 Å². The van der Waals surface area contributed by atoms with Crippen molar-refractivity contribution in [3.63, 3.8) is 0 Å². The Bertz CT molecular complexity index is 173. The zero-order valence-electron chi connectivity index (χ0n) is 7.91. The van der Waals surface area contributed by atoms with E-state index >= 15 is 0 Å². The molecule has 15 heavy (non-hydrogen) atoms. The standard InChI is InChI=1S/C7H12F6N2/c1-4(2-14)15-3-5(6(8,9)10)7(11,12)13/h4-5,15H,2-3,14H2,1H3. The minimum Gasteiger partial charge on any atom is -0.329 e. The molecule has 0 aliphatic heterocycles. The number of rotatable bonds is 4. The lowest BCUT2D eigenvalue weighted by molar-refractivity contribution is -0.282. The van der Waals surface area contributed by atoms with Crippen LogP contribution in [-0.4, -0.2) is 31.5 Å². The molecule has 0 saturated carbocycles. The molecular formula is C7H12F6N2. The molecule has 8 heteroatoms. The Labute approximate surface area is 82.8 Å². The summed E-state index contributed by atoms with van der Waals surface area (Å²) in [6.45, 7) is 0.178. The van der Waals surface area contributed by atoms with Crippen LogP contribution in [0.1, 0.15) is 6.92 Å². The first-order chi connectivity index (χ1) is 6.59. The van der Waals surface area contributed by atoms with E-state index in [9.17, 15) is 26.3 Å². The van der Waals surface area contributed by atoms with Crippen LogP contribution in [0.3, 0.4) is 0 Å². The second kappa shape index (κ2) is 5.02. The van der Waals surface area contributed by atoms with E-state index in [-0.39, 0.29) is 6.54 Å². The first-order valence-corrected chi connectivity index (χ1v) is 4.16. The van der Waals surface area contributed by atoms with Gasteiger partial charge >= 0.3 is 12.4 Å². The zero-order chi connectivity index (χ0) is 12.3. The maximum absolute atomic E-state index is 12.0. The maximum atomic E-state index is 12.0. The summed E-state index contributed by atoms with van der Waals surface area (Å²) in [5, 5.41) is 2.08. The molecule has 92 valence electrons. The maximum Gasteiger partial charge on any atom is 0.401 e. The van der Waals surface area contributed by atoms with Crippen LogP contribution in [0.15, 0.2) is 0 Å². The average molecular weight is 238 g/mol. The van der Waals surface area contributed by atoms with Gasteiger partial charge in [0.25, 0.3) is 0 Å². The van der Waals surface area contributed by atoms with Crippen molar-refractivity contribution in [1.82, 2.24) is 5.32 Å². The first kappa shape index (κ1) is 14.5. The van der Waals surface area contributed by atoms with Crippen molar-refractivity contribution in [2.24, 2.45) is 11.7 Å². The van der Waals surface area contributed by atoms with Crippen molar-refractivity contribution in [3.05, 3.63) is 0 Å². The average Bonchev–Trinajstić information content (AvgIpc) is 1.99. The molecule has 0 saturated heterocycles. The molecule has 0 aromatic heterocycles. The van der Waals surface area contributed by atoms with Gasteiger partial charge in [-0.1, -0.05) is 0 Å². The van der Waals surface area contributed by atoms with Crippen molar-refractivity contribution in [3.8, 4) is 0 Å². The lowest BCUT2D eigenvalue weighted by atomic mass is 10.1. The van der Waals surface area contributed by atoms with E-state index in [0.29, 0.717) is 0 Å². The van der Waals surface area contributed by atoms with Gasteiger partial charge in [0, 0.05) is 19.1 Å². The fourth-order valence-electron chi connectivity index (χ4n) is 0.819. The van der Waals surface area contributed by atoms with Crippen molar-refractivity contribution < 1.29 is 26.3 Å².